The Kier molecular flexibility index (Phi) is 5.05. The van der Waals surface area contributed by atoms with Crippen molar-refractivity contribution in [3.8, 4) is 11.5 Å². The van der Waals surface area contributed by atoms with E-state index >= 15 is 0 Å². The van der Waals surface area contributed by atoms with Crippen molar-refractivity contribution in [2.24, 2.45) is 12.0 Å². The predicted octanol–water partition coefficient (Wildman–Crippen LogP) is 2.82. The van der Waals surface area contributed by atoms with Crippen LogP contribution in [0.1, 0.15) is 34.5 Å². The molecule has 1 aliphatic carbocycles. The van der Waals surface area contributed by atoms with Gasteiger partial charge in [-0.2, -0.15) is 5.10 Å². The molecular weight excluding hydrogens is 416 g/mol. The maximum atomic E-state index is 13.0. The Balaban J connectivity index is 1.34. The summed E-state index contributed by atoms with van der Waals surface area (Å²) in [5.74, 6) is 1.27. The summed E-state index contributed by atoms with van der Waals surface area (Å²) in [4.78, 5) is 32.1. The van der Waals surface area contributed by atoms with Crippen molar-refractivity contribution < 1.29 is 19.1 Å². The largest absolute Gasteiger partial charge is 0.486 e. The van der Waals surface area contributed by atoms with Gasteiger partial charge < -0.3 is 9.47 Å². The molecule has 0 radical (unpaired) electrons. The summed E-state index contributed by atoms with van der Waals surface area (Å²) in [6.07, 6.45) is 5.56. The minimum absolute atomic E-state index is 0.0478. The summed E-state index contributed by atoms with van der Waals surface area (Å²) in [5.41, 5.74) is 2.65. The highest BCUT2D eigenvalue weighted by atomic mass is 32.2. The molecule has 1 fully saturated rings. The normalized spacial score (nSPS) is 19.2. The van der Waals surface area contributed by atoms with Crippen LogP contribution in [0.4, 0.5) is 0 Å². The summed E-state index contributed by atoms with van der Waals surface area (Å²) in [5, 5.41) is 4.91. The number of nitrogens with zero attached hydrogens (tertiary/aromatic N) is 4. The molecule has 1 amide bonds. The van der Waals surface area contributed by atoms with Gasteiger partial charge in [-0.3, -0.25) is 19.2 Å². The topological polar surface area (TPSA) is 86.0 Å². The van der Waals surface area contributed by atoms with Crippen LogP contribution in [0.15, 0.2) is 35.1 Å². The van der Waals surface area contributed by atoms with E-state index in [-0.39, 0.29) is 23.5 Å². The lowest BCUT2D eigenvalue weighted by Gasteiger charge is -2.19. The van der Waals surface area contributed by atoms with Crippen LogP contribution in [-0.2, 0) is 11.8 Å². The van der Waals surface area contributed by atoms with E-state index < -0.39 is 0 Å². The molecule has 1 aromatic carbocycles. The molecular formula is C22H22N4O4S. The van der Waals surface area contributed by atoms with Crippen LogP contribution in [0.3, 0.4) is 0 Å². The number of aryl methyl sites for hydroxylation is 2. The van der Waals surface area contributed by atoms with Gasteiger partial charge in [0.15, 0.2) is 22.4 Å². The Labute approximate surface area is 183 Å². The van der Waals surface area contributed by atoms with Gasteiger partial charge in [0.25, 0.3) is 5.91 Å². The van der Waals surface area contributed by atoms with E-state index in [1.807, 2.05) is 20.2 Å². The third-order valence-corrected chi connectivity index (χ3v) is 6.26. The second kappa shape index (κ2) is 7.88. The number of amidine groups is 1. The molecule has 0 saturated heterocycles. The molecule has 160 valence electrons. The lowest BCUT2D eigenvalue weighted by molar-refractivity contribution is -0.122. The van der Waals surface area contributed by atoms with E-state index in [4.69, 9.17) is 9.47 Å². The van der Waals surface area contributed by atoms with Gasteiger partial charge in [-0.1, -0.05) is 11.8 Å². The molecule has 2 aromatic rings. The molecule has 5 rings (SSSR count). The van der Waals surface area contributed by atoms with Crippen molar-refractivity contribution in [2.45, 2.75) is 25.8 Å². The second-order valence-electron chi connectivity index (χ2n) is 7.74. The van der Waals surface area contributed by atoms with Crippen LogP contribution in [0.5, 0.6) is 11.5 Å². The standard InChI is InChI=1S/C22H22N4O4S/c1-13-15(11-25(2)24-13)9-17-21(28)26(16-4-5-16)22(23-17)31-12-18(27)14-3-6-19-20(10-14)30-8-7-29-19/h3,6,9-11,16H,4-5,7-8,12H2,1-2H3/b17-9-. The van der Waals surface area contributed by atoms with Gasteiger partial charge in [-0.25, -0.2) is 4.99 Å². The van der Waals surface area contributed by atoms with Crippen LogP contribution in [0.2, 0.25) is 0 Å². The minimum Gasteiger partial charge on any atom is -0.486 e. The van der Waals surface area contributed by atoms with Gasteiger partial charge in [0.05, 0.1) is 11.4 Å². The number of ketones is 1. The summed E-state index contributed by atoms with van der Waals surface area (Å²) in [6.45, 7) is 2.88. The molecule has 2 aliphatic heterocycles. The minimum atomic E-state index is -0.111. The second-order valence-corrected chi connectivity index (χ2v) is 8.69. The van der Waals surface area contributed by atoms with Gasteiger partial charge in [0.2, 0.25) is 0 Å². The van der Waals surface area contributed by atoms with E-state index in [1.54, 1.807) is 33.9 Å². The summed E-state index contributed by atoms with van der Waals surface area (Å²) >= 11 is 1.30. The van der Waals surface area contributed by atoms with E-state index in [2.05, 4.69) is 10.1 Å². The Morgan fingerprint density at radius 3 is 2.74 bits per heavy atom. The number of ether oxygens (including phenoxy) is 2. The molecule has 9 heteroatoms. The van der Waals surface area contributed by atoms with E-state index in [0.29, 0.717) is 41.1 Å². The zero-order valence-electron chi connectivity index (χ0n) is 17.3. The lowest BCUT2D eigenvalue weighted by atomic mass is 10.1. The smallest absolute Gasteiger partial charge is 0.278 e. The van der Waals surface area contributed by atoms with Crippen molar-refractivity contribution in [2.75, 3.05) is 19.0 Å². The van der Waals surface area contributed by atoms with Crippen molar-refractivity contribution in [3.63, 3.8) is 0 Å². The molecule has 1 aromatic heterocycles. The molecule has 0 unspecified atom stereocenters. The SMILES string of the molecule is Cc1nn(C)cc1/C=C1\N=C(SCC(=O)c2ccc3c(c2)OCCO3)N(C2CC2)C1=O. The fraction of sp³-hybridized carbons (Fsp3) is 0.364. The van der Waals surface area contributed by atoms with Crippen molar-refractivity contribution in [3.05, 3.63) is 46.9 Å². The van der Waals surface area contributed by atoms with Gasteiger partial charge in [-0.15, -0.1) is 0 Å². The Hall–Kier alpha value is -3.07. The first-order chi connectivity index (χ1) is 15.0. The molecule has 3 heterocycles. The molecule has 0 N–H and O–H groups in total. The number of hydrogen-bond donors (Lipinski definition) is 0. The number of Topliss-reactive ketones (excluding diaryl/α,β-unsaturated/α-hetero) is 1. The van der Waals surface area contributed by atoms with Crippen LogP contribution in [0, 0.1) is 6.92 Å². The molecule has 0 bridgehead atoms. The number of rotatable bonds is 5. The van der Waals surface area contributed by atoms with Crippen LogP contribution >= 0.6 is 11.8 Å². The summed E-state index contributed by atoms with van der Waals surface area (Å²) in [7, 11) is 1.84. The highest BCUT2D eigenvalue weighted by molar-refractivity contribution is 8.14. The van der Waals surface area contributed by atoms with Gasteiger partial charge in [-0.05, 0) is 44.0 Å². The number of aliphatic imine (C=N–C) groups is 1. The average Bonchev–Trinajstić information content (AvgIpc) is 3.48. The van der Waals surface area contributed by atoms with Gasteiger partial charge in [0.1, 0.15) is 18.9 Å². The van der Waals surface area contributed by atoms with Crippen LogP contribution in [-0.4, -0.2) is 56.5 Å². The number of aromatic nitrogens is 2. The lowest BCUT2D eigenvalue weighted by Crippen LogP contribution is -2.33. The third kappa shape index (κ3) is 3.97. The first kappa shape index (κ1) is 19.9. The van der Waals surface area contributed by atoms with Crippen molar-refractivity contribution >= 4 is 34.7 Å². The average molecular weight is 439 g/mol. The Morgan fingerprint density at radius 1 is 1.26 bits per heavy atom. The van der Waals surface area contributed by atoms with Crippen molar-refractivity contribution in [1.82, 2.24) is 14.7 Å². The molecule has 3 aliphatic rings. The van der Waals surface area contributed by atoms with Gasteiger partial charge in [0, 0.05) is 30.4 Å². The molecule has 8 nitrogen and oxygen atoms in total. The fourth-order valence-corrected chi connectivity index (χ4v) is 4.56. The summed E-state index contributed by atoms with van der Waals surface area (Å²) < 4.78 is 12.8. The first-order valence-corrected chi connectivity index (χ1v) is 11.2. The first-order valence-electron chi connectivity index (χ1n) is 10.2. The predicted molar refractivity (Wildman–Crippen MR) is 117 cm³/mol. The zero-order chi connectivity index (χ0) is 21.5. The third-order valence-electron chi connectivity index (χ3n) is 5.31. The van der Waals surface area contributed by atoms with E-state index in [1.165, 1.54) is 11.8 Å². The highest BCUT2D eigenvalue weighted by Crippen LogP contribution is 2.36. The Morgan fingerprint density at radius 2 is 2.03 bits per heavy atom. The molecule has 0 atom stereocenters. The zero-order valence-corrected chi connectivity index (χ0v) is 18.1. The number of fused-ring (bicyclic) bond motifs is 1. The van der Waals surface area contributed by atoms with Crippen LogP contribution < -0.4 is 9.47 Å². The van der Waals surface area contributed by atoms with Gasteiger partial charge >= 0.3 is 0 Å². The number of amides is 1. The molecule has 31 heavy (non-hydrogen) atoms. The van der Waals surface area contributed by atoms with E-state index in [9.17, 15) is 9.59 Å². The fourth-order valence-electron chi connectivity index (χ4n) is 3.60. The number of carbonyl (C=O) groups excluding carboxylic acids is 2. The quantitative estimate of drug-likeness (QED) is 0.527. The highest BCUT2D eigenvalue weighted by Gasteiger charge is 2.41. The van der Waals surface area contributed by atoms with Crippen molar-refractivity contribution in [1.29, 1.82) is 0 Å². The number of thioether (sulfide) groups is 1. The maximum absolute atomic E-state index is 13.0. The summed E-state index contributed by atoms with van der Waals surface area (Å²) in [6, 6.07) is 5.39. The number of carbonyl (C=O) groups is 2. The number of benzene rings is 1. The van der Waals surface area contributed by atoms with Crippen LogP contribution in [0.25, 0.3) is 6.08 Å². The molecule has 1 saturated carbocycles. The number of hydrogen-bond acceptors (Lipinski definition) is 7. The molecule has 0 spiro atoms. The maximum Gasteiger partial charge on any atom is 0.278 e. The monoisotopic (exact) mass is 438 g/mol. The Bertz CT molecular complexity index is 1130. The van der Waals surface area contributed by atoms with E-state index in [0.717, 1.165) is 24.1 Å².